The molecule has 28 heavy (non-hydrogen) atoms. The molecular weight excluding hydrogens is 348 g/mol. The molecule has 0 bridgehead atoms. The van der Waals surface area contributed by atoms with Gasteiger partial charge < -0.3 is 5.73 Å². The molecule has 1 unspecified atom stereocenters. The summed E-state index contributed by atoms with van der Waals surface area (Å²) in [5.74, 6) is 0.502. The number of rotatable bonds is 3. The van der Waals surface area contributed by atoms with Crippen LogP contribution >= 0.6 is 0 Å². The summed E-state index contributed by atoms with van der Waals surface area (Å²) in [6, 6.07) is 14.1. The summed E-state index contributed by atoms with van der Waals surface area (Å²) >= 11 is 0. The molecule has 0 amide bonds. The van der Waals surface area contributed by atoms with Crippen LogP contribution in [0.1, 0.15) is 22.3 Å². The molecule has 4 heterocycles. The summed E-state index contributed by atoms with van der Waals surface area (Å²) in [5.41, 5.74) is 11.4. The Hall–Kier alpha value is -3.93. The van der Waals surface area contributed by atoms with Crippen molar-refractivity contribution in [1.29, 1.82) is 0 Å². The van der Waals surface area contributed by atoms with Crippen LogP contribution in [0.2, 0.25) is 0 Å². The lowest BCUT2D eigenvalue weighted by Crippen LogP contribution is -2.25. The van der Waals surface area contributed by atoms with Gasteiger partial charge in [-0.15, -0.1) is 0 Å². The van der Waals surface area contributed by atoms with Crippen LogP contribution < -0.4 is 5.73 Å². The van der Waals surface area contributed by atoms with Crippen LogP contribution in [0.25, 0.3) is 11.1 Å². The fourth-order valence-electron chi connectivity index (χ4n) is 3.78. The van der Waals surface area contributed by atoms with Crippen molar-refractivity contribution in [3.63, 3.8) is 0 Å². The normalized spacial score (nSPS) is 17.8. The first-order valence-electron chi connectivity index (χ1n) is 8.85. The standard InChI is InChI=1S/C22H16N6/c23-21-19-6-9-25-13-20(19)22(28-21,17-4-7-24-8-5-17)18-3-1-2-15(10-18)16-11-26-14-27-12-16/h1-14H,(H2,23,28). The van der Waals surface area contributed by atoms with Gasteiger partial charge in [-0.25, -0.2) is 15.0 Å². The van der Waals surface area contributed by atoms with E-state index in [-0.39, 0.29) is 0 Å². The van der Waals surface area contributed by atoms with Gasteiger partial charge in [0.2, 0.25) is 0 Å². The molecule has 4 aromatic rings. The summed E-state index contributed by atoms with van der Waals surface area (Å²) in [6.45, 7) is 0. The minimum atomic E-state index is -0.776. The molecule has 0 radical (unpaired) electrons. The summed E-state index contributed by atoms with van der Waals surface area (Å²) in [6.07, 6.45) is 12.2. The lowest BCUT2D eigenvalue weighted by molar-refractivity contribution is 0.667. The minimum absolute atomic E-state index is 0.502. The van der Waals surface area contributed by atoms with E-state index in [1.165, 1.54) is 6.33 Å². The number of aliphatic imine (C=N–C) groups is 1. The lowest BCUT2D eigenvalue weighted by atomic mass is 9.78. The smallest absolute Gasteiger partial charge is 0.140 e. The first kappa shape index (κ1) is 16.3. The van der Waals surface area contributed by atoms with Crippen LogP contribution in [0.3, 0.4) is 0 Å². The van der Waals surface area contributed by atoms with Crippen molar-refractivity contribution >= 4 is 5.84 Å². The molecule has 1 atom stereocenters. The van der Waals surface area contributed by atoms with Gasteiger partial charge in [-0.3, -0.25) is 9.97 Å². The van der Waals surface area contributed by atoms with E-state index in [0.717, 1.165) is 33.4 Å². The van der Waals surface area contributed by atoms with Crippen LogP contribution in [0.4, 0.5) is 0 Å². The number of hydrogen-bond acceptors (Lipinski definition) is 6. The Morgan fingerprint density at radius 3 is 2.32 bits per heavy atom. The zero-order chi connectivity index (χ0) is 19.0. The zero-order valence-electron chi connectivity index (χ0n) is 14.9. The number of amidine groups is 1. The number of nitrogens with zero attached hydrogens (tertiary/aromatic N) is 5. The number of benzene rings is 1. The first-order chi connectivity index (χ1) is 13.8. The van der Waals surface area contributed by atoms with E-state index in [1.807, 2.05) is 36.5 Å². The Kier molecular flexibility index (Phi) is 3.69. The predicted octanol–water partition coefficient (Wildman–Crippen LogP) is 2.94. The van der Waals surface area contributed by atoms with Crippen molar-refractivity contribution in [3.8, 4) is 11.1 Å². The van der Waals surface area contributed by atoms with Gasteiger partial charge in [-0.2, -0.15) is 0 Å². The van der Waals surface area contributed by atoms with Gasteiger partial charge in [0.15, 0.2) is 0 Å². The highest BCUT2D eigenvalue weighted by molar-refractivity contribution is 6.03. The molecule has 5 rings (SSSR count). The predicted molar refractivity (Wildman–Crippen MR) is 107 cm³/mol. The van der Waals surface area contributed by atoms with Crippen LogP contribution in [-0.2, 0) is 5.54 Å². The molecule has 0 saturated heterocycles. The minimum Gasteiger partial charge on any atom is -0.383 e. The molecular formula is C22H16N6. The number of fused-ring (bicyclic) bond motifs is 1. The molecule has 1 aliphatic heterocycles. The van der Waals surface area contributed by atoms with E-state index in [0.29, 0.717) is 5.84 Å². The summed E-state index contributed by atoms with van der Waals surface area (Å²) in [4.78, 5) is 21.8. The number of hydrogen-bond donors (Lipinski definition) is 1. The second-order valence-electron chi connectivity index (χ2n) is 6.57. The third-order valence-corrected chi connectivity index (χ3v) is 5.05. The summed E-state index contributed by atoms with van der Waals surface area (Å²) in [5, 5.41) is 0. The van der Waals surface area contributed by atoms with E-state index in [9.17, 15) is 0 Å². The topological polar surface area (TPSA) is 89.9 Å². The maximum absolute atomic E-state index is 6.33. The molecule has 134 valence electrons. The van der Waals surface area contributed by atoms with E-state index < -0.39 is 5.54 Å². The second kappa shape index (κ2) is 6.35. The number of aromatic nitrogens is 4. The SMILES string of the molecule is NC1=NC(c2ccncc2)(c2cccc(-c3cncnc3)c2)c2cnccc21. The molecule has 6 heteroatoms. The van der Waals surface area contributed by atoms with Crippen molar-refractivity contribution in [2.45, 2.75) is 5.54 Å². The van der Waals surface area contributed by atoms with Gasteiger partial charge in [0, 0.05) is 53.9 Å². The van der Waals surface area contributed by atoms with Gasteiger partial charge in [-0.1, -0.05) is 18.2 Å². The summed E-state index contributed by atoms with van der Waals surface area (Å²) in [7, 11) is 0. The Labute approximate surface area is 161 Å². The molecule has 3 aromatic heterocycles. The third-order valence-electron chi connectivity index (χ3n) is 5.05. The van der Waals surface area contributed by atoms with Gasteiger partial charge in [-0.05, 0) is 41.0 Å². The highest BCUT2D eigenvalue weighted by Crippen LogP contribution is 2.45. The highest BCUT2D eigenvalue weighted by Gasteiger charge is 2.43. The van der Waals surface area contributed by atoms with Crippen LogP contribution in [-0.4, -0.2) is 25.8 Å². The second-order valence-corrected chi connectivity index (χ2v) is 6.57. The lowest BCUT2D eigenvalue weighted by Gasteiger charge is -2.29. The highest BCUT2D eigenvalue weighted by atomic mass is 15.0. The fraction of sp³-hybridized carbons (Fsp3) is 0.0455. The van der Waals surface area contributed by atoms with E-state index in [2.05, 4.69) is 32.1 Å². The van der Waals surface area contributed by atoms with Crippen LogP contribution in [0.15, 0.2) is 91.0 Å². The third kappa shape index (κ3) is 2.39. The Morgan fingerprint density at radius 2 is 1.50 bits per heavy atom. The molecule has 6 nitrogen and oxygen atoms in total. The number of nitrogens with two attached hydrogens (primary N) is 1. The van der Waals surface area contributed by atoms with Crippen molar-refractivity contribution in [1.82, 2.24) is 19.9 Å². The molecule has 0 spiro atoms. The fourth-order valence-corrected chi connectivity index (χ4v) is 3.78. The van der Waals surface area contributed by atoms with Gasteiger partial charge in [0.05, 0.1) is 0 Å². The average Bonchev–Trinajstić information content (AvgIpc) is 3.09. The van der Waals surface area contributed by atoms with Gasteiger partial charge >= 0.3 is 0 Å². The van der Waals surface area contributed by atoms with Gasteiger partial charge in [0.1, 0.15) is 17.7 Å². The maximum atomic E-state index is 6.33. The van der Waals surface area contributed by atoms with Crippen molar-refractivity contribution in [2.24, 2.45) is 10.7 Å². The monoisotopic (exact) mass is 364 g/mol. The Balaban J connectivity index is 1.79. The van der Waals surface area contributed by atoms with Gasteiger partial charge in [0.25, 0.3) is 0 Å². The van der Waals surface area contributed by atoms with E-state index in [1.54, 1.807) is 31.0 Å². The maximum Gasteiger partial charge on any atom is 0.140 e. The van der Waals surface area contributed by atoms with E-state index in [4.69, 9.17) is 10.7 Å². The zero-order valence-corrected chi connectivity index (χ0v) is 14.9. The van der Waals surface area contributed by atoms with E-state index >= 15 is 0 Å². The Morgan fingerprint density at radius 1 is 0.714 bits per heavy atom. The average molecular weight is 364 g/mol. The molecule has 1 aromatic carbocycles. The summed E-state index contributed by atoms with van der Waals surface area (Å²) < 4.78 is 0. The largest absolute Gasteiger partial charge is 0.383 e. The quantitative estimate of drug-likeness (QED) is 0.604. The Bertz CT molecular complexity index is 1170. The molecule has 1 aliphatic rings. The van der Waals surface area contributed by atoms with Crippen molar-refractivity contribution in [3.05, 3.63) is 108 Å². The first-order valence-corrected chi connectivity index (χ1v) is 8.85. The molecule has 0 aliphatic carbocycles. The van der Waals surface area contributed by atoms with Crippen LogP contribution in [0.5, 0.6) is 0 Å². The molecule has 2 N–H and O–H groups in total. The van der Waals surface area contributed by atoms with Crippen molar-refractivity contribution < 1.29 is 0 Å². The van der Waals surface area contributed by atoms with Crippen LogP contribution in [0, 0.1) is 0 Å². The van der Waals surface area contributed by atoms with Crippen molar-refractivity contribution in [2.75, 3.05) is 0 Å². The molecule has 0 saturated carbocycles. The number of pyridine rings is 2. The molecule has 0 fully saturated rings.